The predicted molar refractivity (Wildman–Crippen MR) is 104 cm³/mol. The van der Waals surface area contributed by atoms with Crippen LogP contribution in [-0.2, 0) is 19.5 Å². The van der Waals surface area contributed by atoms with E-state index in [1.54, 1.807) is 12.3 Å². The van der Waals surface area contributed by atoms with E-state index in [1.165, 1.54) is 4.68 Å². The Kier molecular flexibility index (Phi) is 5.57. The highest BCUT2D eigenvalue weighted by atomic mass is 35.5. The van der Waals surface area contributed by atoms with Crippen LogP contribution in [0.5, 0.6) is 0 Å². The Morgan fingerprint density at radius 2 is 2.19 bits per heavy atom. The maximum Gasteiger partial charge on any atom is 0.274 e. The summed E-state index contributed by atoms with van der Waals surface area (Å²) in [6.45, 7) is 3.65. The minimum Gasteiger partial charge on any atom is -0.346 e. The Bertz CT molecular complexity index is 1030. The maximum absolute atomic E-state index is 12.5. The third-order valence-electron chi connectivity index (χ3n) is 4.61. The van der Waals surface area contributed by atoms with Gasteiger partial charge in [-0.1, -0.05) is 18.2 Å². The molecule has 2 aromatic heterocycles. The minimum atomic E-state index is -0.266. The summed E-state index contributed by atoms with van der Waals surface area (Å²) in [5, 5.41) is 18.9. The molecule has 4 rings (SSSR count). The number of fused-ring (bicyclic) bond motifs is 2. The monoisotopic (exact) mass is 388 g/mol. The smallest absolute Gasteiger partial charge is 0.274 e. The summed E-state index contributed by atoms with van der Waals surface area (Å²) in [4.78, 5) is 25.1. The van der Waals surface area contributed by atoms with Gasteiger partial charge in [0.2, 0.25) is 0 Å². The zero-order valence-corrected chi connectivity index (χ0v) is 15.7. The number of rotatable bonds is 4. The number of amides is 1. The van der Waals surface area contributed by atoms with Crippen molar-refractivity contribution in [3.8, 4) is 0 Å². The molecule has 0 bridgehead atoms. The first kappa shape index (κ1) is 19.1. The molecule has 9 heteroatoms. The molecule has 1 aliphatic rings. The van der Waals surface area contributed by atoms with E-state index in [9.17, 15) is 9.59 Å². The van der Waals surface area contributed by atoms with Crippen molar-refractivity contribution in [1.82, 2.24) is 30.6 Å². The van der Waals surface area contributed by atoms with Gasteiger partial charge in [0.15, 0.2) is 5.69 Å². The van der Waals surface area contributed by atoms with Gasteiger partial charge in [-0.25, -0.2) is 4.68 Å². The number of nitrogens with one attached hydrogen (secondary N) is 3. The van der Waals surface area contributed by atoms with Gasteiger partial charge in [-0.05, 0) is 13.0 Å². The van der Waals surface area contributed by atoms with Gasteiger partial charge in [0.05, 0.1) is 18.1 Å². The van der Waals surface area contributed by atoms with Gasteiger partial charge in [0.25, 0.3) is 11.5 Å². The normalized spacial score (nSPS) is 14.3. The van der Waals surface area contributed by atoms with Crippen LogP contribution in [0.15, 0.2) is 35.3 Å². The first-order chi connectivity index (χ1) is 12.6. The van der Waals surface area contributed by atoms with Crippen LogP contribution in [-0.4, -0.2) is 38.5 Å². The molecule has 0 saturated carbocycles. The standard InChI is InChI=1S/C18H20N6O2.ClH/c1-11(10-24-18(26)13-5-3-2-4-12(13)8-20-24)21-17(25)16-14-9-19-7-6-15(14)22-23-16;/h2-5,8,11,19H,6-7,9-10H2,1H3,(H,21,25)(H,22,23);1H. The molecule has 0 saturated heterocycles. The molecule has 1 unspecified atom stereocenters. The van der Waals surface area contributed by atoms with Crippen LogP contribution in [0.25, 0.3) is 10.8 Å². The second-order valence-corrected chi connectivity index (χ2v) is 6.55. The van der Waals surface area contributed by atoms with Gasteiger partial charge in [0.1, 0.15) is 0 Å². The van der Waals surface area contributed by atoms with Crippen LogP contribution in [0.3, 0.4) is 0 Å². The van der Waals surface area contributed by atoms with Crippen LogP contribution in [0.2, 0.25) is 0 Å². The molecule has 1 atom stereocenters. The second-order valence-electron chi connectivity index (χ2n) is 6.55. The highest BCUT2D eigenvalue weighted by molar-refractivity contribution is 5.94. The van der Waals surface area contributed by atoms with E-state index in [-0.39, 0.29) is 29.9 Å². The van der Waals surface area contributed by atoms with Gasteiger partial charge in [-0.3, -0.25) is 14.7 Å². The third kappa shape index (κ3) is 3.72. The van der Waals surface area contributed by atoms with Crippen molar-refractivity contribution in [2.45, 2.75) is 32.5 Å². The van der Waals surface area contributed by atoms with E-state index in [0.717, 1.165) is 29.6 Å². The topological polar surface area (TPSA) is 105 Å². The first-order valence-electron chi connectivity index (χ1n) is 8.66. The number of carbonyl (C=O) groups excluding carboxylic acids is 1. The van der Waals surface area contributed by atoms with E-state index >= 15 is 0 Å². The Morgan fingerprint density at radius 1 is 1.37 bits per heavy atom. The Labute approximate surface area is 161 Å². The molecular weight excluding hydrogens is 368 g/mol. The molecule has 3 heterocycles. The molecule has 0 spiro atoms. The molecule has 1 aliphatic heterocycles. The second kappa shape index (κ2) is 7.89. The van der Waals surface area contributed by atoms with Crippen molar-refractivity contribution in [3.63, 3.8) is 0 Å². The van der Waals surface area contributed by atoms with Crippen molar-refractivity contribution in [3.05, 3.63) is 57.8 Å². The third-order valence-corrected chi connectivity index (χ3v) is 4.61. The predicted octanol–water partition coefficient (Wildman–Crippen LogP) is 1.01. The molecule has 3 aromatic rings. The SMILES string of the molecule is CC(Cn1ncc2ccccc2c1=O)NC(=O)c1n[nH]c2c1CNCC2.Cl. The average molecular weight is 389 g/mol. The number of benzene rings is 1. The zero-order chi connectivity index (χ0) is 18.1. The number of hydrogen-bond donors (Lipinski definition) is 3. The van der Waals surface area contributed by atoms with E-state index in [2.05, 4.69) is 25.9 Å². The van der Waals surface area contributed by atoms with Crippen LogP contribution in [0.4, 0.5) is 0 Å². The summed E-state index contributed by atoms with van der Waals surface area (Å²) >= 11 is 0. The fourth-order valence-electron chi connectivity index (χ4n) is 3.27. The number of hydrogen-bond acceptors (Lipinski definition) is 5. The summed E-state index contributed by atoms with van der Waals surface area (Å²) in [7, 11) is 0. The quantitative estimate of drug-likeness (QED) is 0.618. The van der Waals surface area contributed by atoms with Gasteiger partial charge in [-0.15, -0.1) is 12.4 Å². The lowest BCUT2D eigenvalue weighted by Gasteiger charge is -2.16. The highest BCUT2D eigenvalue weighted by Gasteiger charge is 2.22. The number of carbonyl (C=O) groups is 1. The van der Waals surface area contributed by atoms with Crippen LogP contribution < -0.4 is 16.2 Å². The molecule has 1 aromatic carbocycles. The lowest BCUT2D eigenvalue weighted by atomic mass is 10.1. The number of nitrogens with zero attached hydrogens (tertiary/aromatic N) is 3. The van der Waals surface area contributed by atoms with Gasteiger partial charge >= 0.3 is 0 Å². The van der Waals surface area contributed by atoms with Crippen LogP contribution in [0.1, 0.15) is 28.7 Å². The number of halogens is 1. The van der Waals surface area contributed by atoms with Crippen LogP contribution >= 0.6 is 12.4 Å². The van der Waals surface area contributed by atoms with Crippen molar-refractivity contribution >= 4 is 29.1 Å². The fraction of sp³-hybridized carbons (Fsp3) is 0.333. The zero-order valence-electron chi connectivity index (χ0n) is 14.9. The molecular formula is C18H21ClN6O2. The Morgan fingerprint density at radius 3 is 3.04 bits per heavy atom. The molecule has 27 heavy (non-hydrogen) atoms. The van der Waals surface area contributed by atoms with E-state index in [1.807, 2.05) is 25.1 Å². The number of aromatic amines is 1. The molecule has 1 amide bonds. The number of H-pyrrole nitrogens is 1. The van der Waals surface area contributed by atoms with Crippen molar-refractivity contribution in [2.24, 2.45) is 0 Å². The lowest BCUT2D eigenvalue weighted by Crippen LogP contribution is -2.39. The highest BCUT2D eigenvalue weighted by Crippen LogP contribution is 2.15. The molecule has 0 fully saturated rings. The van der Waals surface area contributed by atoms with E-state index in [0.29, 0.717) is 24.2 Å². The summed E-state index contributed by atoms with van der Waals surface area (Å²) in [5.74, 6) is -0.243. The lowest BCUT2D eigenvalue weighted by molar-refractivity contribution is 0.0929. The largest absolute Gasteiger partial charge is 0.346 e. The van der Waals surface area contributed by atoms with Crippen molar-refractivity contribution < 1.29 is 4.79 Å². The summed E-state index contributed by atoms with van der Waals surface area (Å²) in [6, 6.07) is 7.07. The van der Waals surface area contributed by atoms with Crippen molar-refractivity contribution in [1.29, 1.82) is 0 Å². The maximum atomic E-state index is 12.5. The summed E-state index contributed by atoms with van der Waals surface area (Å²) in [6.07, 6.45) is 2.50. The molecule has 0 aliphatic carbocycles. The van der Waals surface area contributed by atoms with Crippen LogP contribution in [0, 0.1) is 0 Å². The molecule has 142 valence electrons. The van der Waals surface area contributed by atoms with Crippen molar-refractivity contribution in [2.75, 3.05) is 6.54 Å². The first-order valence-corrected chi connectivity index (χ1v) is 8.66. The summed E-state index contributed by atoms with van der Waals surface area (Å²) < 4.78 is 1.38. The minimum absolute atomic E-state index is 0. The molecule has 3 N–H and O–H groups in total. The summed E-state index contributed by atoms with van der Waals surface area (Å²) in [5.41, 5.74) is 2.18. The number of aromatic nitrogens is 4. The van der Waals surface area contributed by atoms with Gasteiger partial charge in [0, 0.05) is 42.2 Å². The Hall–Kier alpha value is -2.71. The van der Waals surface area contributed by atoms with E-state index < -0.39 is 0 Å². The fourth-order valence-corrected chi connectivity index (χ4v) is 3.27. The van der Waals surface area contributed by atoms with Gasteiger partial charge < -0.3 is 10.6 Å². The van der Waals surface area contributed by atoms with Gasteiger partial charge in [-0.2, -0.15) is 10.2 Å². The Balaban J connectivity index is 0.00000210. The molecule has 0 radical (unpaired) electrons. The molecule has 8 nitrogen and oxygen atoms in total. The average Bonchev–Trinajstić information content (AvgIpc) is 3.08. The van der Waals surface area contributed by atoms with E-state index in [4.69, 9.17) is 0 Å².